The first kappa shape index (κ1) is 23.6. The number of hydrogen-bond donors (Lipinski definition) is 2. The predicted molar refractivity (Wildman–Crippen MR) is 109 cm³/mol. The predicted octanol–water partition coefficient (Wildman–Crippen LogP) is 3.52. The maximum absolute atomic E-state index is 14.0. The normalized spacial score (nSPS) is 20.1. The lowest BCUT2D eigenvalue weighted by Gasteiger charge is -2.22. The van der Waals surface area contributed by atoms with Gasteiger partial charge in [0.1, 0.15) is 0 Å². The van der Waals surface area contributed by atoms with Crippen molar-refractivity contribution in [3.05, 3.63) is 47.5 Å². The summed E-state index contributed by atoms with van der Waals surface area (Å²) in [5.41, 5.74) is 0.879. The smallest absolute Gasteiger partial charge is 0.335 e. The van der Waals surface area contributed by atoms with Crippen molar-refractivity contribution in [2.45, 2.75) is 57.6 Å². The Balaban J connectivity index is 2.04. The summed E-state index contributed by atoms with van der Waals surface area (Å²) in [6, 6.07) is 5.28. The van der Waals surface area contributed by atoms with Crippen molar-refractivity contribution in [2.75, 3.05) is 6.54 Å². The van der Waals surface area contributed by atoms with E-state index in [0.29, 0.717) is 12.8 Å². The van der Waals surface area contributed by atoms with Gasteiger partial charge in [0.25, 0.3) is 5.91 Å². The molecule has 0 aliphatic carbocycles. The second-order valence-electron chi connectivity index (χ2n) is 7.49. The van der Waals surface area contributed by atoms with Gasteiger partial charge in [-0.2, -0.15) is 8.78 Å². The molecule has 5 nitrogen and oxygen atoms in total. The highest BCUT2D eigenvalue weighted by molar-refractivity contribution is 5.87. The molecule has 1 aliphatic rings. The van der Waals surface area contributed by atoms with Crippen LogP contribution in [0.2, 0.25) is 0 Å². The summed E-state index contributed by atoms with van der Waals surface area (Å²) in [5, 5.41) is 19.2. The molecule has 0 radical (unpaired) electrons. The van der Waals surface area contributed by atoms with E-state index in [9.17, 15) is 23.5 Å². The fourth-order valence-corrected chi connectivity index (χ4v) is 3.23. The lowest BCUT2D eigenvalue weighted by molar-refractivity contribution is -0.148. The fourth-order valence-electron chi connectivity index (χ4n) is 3.23. The van der Waals surface area contributed by atoms with Gasteiger partial charge in [0, 0.05) is 25.8 Å². The molecule has 1 amide bonds. The molecule has 2 N–H and O–H groups in total. The van der Waals surface area contributed by atoms with Crippen LogP contribution in [0.1, 0.15) is 49.0 Å². The van der Waals surface area contributed by atoms with Crippen LogP contribution in [0.5, 0.6) is 0 Å². The number of carbonyl (C=O) groups excluding carboxylic acids is 1. The summed E-state index contributed by atoms with van der Waals surface area (Å²) in [6.07, 6.45) is 3.01. The van der Waals surface area contributed by atoms with Crippen LogP contribution in [0.25, 0.3) is 0 Å². The number of carboxylic acid groups (broad SMARTS) is 1. The molecule has 1 aromatic carbocycles. The number of rotatable bonds is 8. The van der Waals surface area contributed by atoms with E-state index < -0.39 is 36.4 Å². The van der Waals surface area contributed by atoms with Crippen LogP contribution in [0.3, 0.4) is 0 Å². The van der Waals surface area contributed by atoms with Crippen LogP contribution < -0.4 is 0 Å². The SMILES string of the molecule is CCC#CCC(C)C(O)C=CC1CC(F)(F)C(=O)N1CCc1ccc(C(=O)O)cc1. The number of amides is 1. The molecule has 0 bridgehead atoms. The topological polar surface area (TPSA) is 77.8 Å². The quantitative estimate of drug-likeness (QED) is 0.499. The van der Waals surface area contributed by atoms with Crippen molar-refractivity contribution < 1.29 is 28.6 Å². The standard InChI is InChI=1S/C23H27F2NO4/c1-3-4-5-6-16(2)20(27)12-11-19-15-23(24,25)22(30)26(19)14-13-17-7-9-18(10-8-17)21(28)29/h7-12,16,19-20,27H,3,6,13-15H2,1-2H3,(H,28,29). The number of aliphatic hydroxyl groups excluding tert-OH is 1. The summed E-state index contributed by atoms with van der Waals surface area (Å²) in [5.74, 6) is 0.0181. The van der Waals surface area contributed by atoms with Crippen molar-refractivity contribution in [2.24, 2.45) is 5.92 Å². The molecular formula is C23H27F2NO4. The molecule has 3 atom stereocenters. The van der Waals surface area contributed by atoms with Gasteiger partial charge in [-0.3, -0.25) is 4.79 Å². The Hall–Kier alpha value is -2.72. The molecule has 1 saturated heterocycles. The van der Waals surface area contributed by atoms with E-state index >= 15 is 0 Å². The number of hydrogen-bond acceptors (Lipinski definition) is 3. The van der Waals surface area contributed by atoms with Gasteiger partial charge >= 0.3 is 11.9 Å². The molecule has 1 heterocycles. The van der Waals surface area contributed by atoms with E-state index in [4.69, 9.17) is 5.11 Å². The third kappa shape index (κ3) is 6.14. The first-order valence-corrected chi connectivity index (χ1v) is 9.99. The van der Waals surface area contributed by atoms with Crippen LogP contribution >= 0.6 is 0 Å². The van der Waals surface area contributed by atoms with Crippen molar-refractivity contribution in [3.63, 3.8) is 0 Å². The zero-order chi connectivity index (χ0) is 22.3. The van der Waals surface area contributed by atoms with Crippen LogP contribution in [0.15, 0.2) is 36.4 Å². The third-order valence-electron chi connectivity index (χ3n) is 5.12. The zero-order valence-corrected chi connectivity index (χ0v) is 17.1. The number of benzene rings is 1. The Kier molecular flexibility index (Phi) is 8.13. The van der Waals surface area contributed by atoms with Gasteiger partial charge in [0.05, 0.1) is 17.7 Å². The lowest BCUT2D eigenvalue weighted by Crippen LogP contribution is -2.37. The number of carbonyl (C=O) groups is 2. The molecule has 1 aliphatic heterocycles. The van der Waals surface area contributed by atoms with Crippen LogP contribution in [-0.4, -0.2) is 51.6 Å². The molecule has 0 aromatic heterocycles. The Morgan fingerprint density at radius 1 is 1.33 bits per heavy atom. The number of aromatic carboxylic acids is 1. The molecular weight excluding hydrogens is 392 g/mol. The molecule has 1 aromatic rings. The first-order chi connectivity index (χ1) is 14.2. The Morgan fingerprint density at radius 3 is 2.60 bits per heavy atom. The number of likely N-dealkylation sites (tertiary alicyclic amines) is 1. The number of carboxylic acids is 1. The summed E-state index contributed by atoms with van der Waals surface area (Å²) >= 11 is 0. The van der Waals surface area contributed by atoms with Crippen LogP contribution in [-0.2, 0) is 11.2 Å². The van der Waals surface area contributed by atoms with E-state index in [0.717, 1.165) is 16.9 Å². The maximum Gasteiger partial charge on any atom is 0.335 e. The minimum absolute atomic E-state index is 0.0729. The Labute approximate surface area is 175 Å². The zero-order valence-electron chi connectivity index (χ0n) is 17.1. The van der Waals surface area contributed by atoms with E-state index in [2.05, 4.69) is 11.8 Å². The van der Waals surface area contributed by atoms with Gasteiger partial charge in [-0.1, -0.05) is 38.1 Å². The van der Waals surface area contributed by atoms with Crippen LogP contribution in [0.4, 0.5) is 8.78 Å². The average molecular weight is 419 g/mol. The first-order valence-electron chi connectivity index (χ1n) is 9.99. The Bertz CT molecular complexity index is 839. The summed E-state index contributed by atoms with van der Waals surface area (Å²) in [7, 11) is 0. The molecule has 30 heavy (non-hydrogen) atoms. The number of aliphatic hydroxyl groups is 1. The number of halogens is 2. The highest BCUT2D eigenvalue weighted by Gasteiger charge is 2.52. The molecule has 0 saturated carbocycles. The van der Waals surface area contributed by atoms with Crippen molar-refractivity contribution in [3.8, 4) is 11.8 Å². The van der Waals surface area contributed by atoms with Gasteiger partial charge in [-0.15, -0.1) is 11.8 Å². The highest BCUT2D eigenvalue weighted by Crippen LogP contribution is 2.34. The third-order valence-corrected chi connectivity index (χ3v) is 5.12. The van der Waals surface area contributed by atoms with Gasteiger partial charge in [-0.25, -0.2) is 4.79 Å². The fraction of sp³-hybridized carbons (Fsp3) is 0.478. The van der Waals surface area contributed by atoms with Crippen LogP contribution in [0, 0.1) is 17.8 Å². The lowest BCUT2D eigenvalue weighted by atomic mass is 9.99. The molecule has 162 valence electrons. The Morgan fingerprint density at radius 2 is 2.00 bits per heavy atom. The molecule has 0 spiro atoms. The second-order valence-corrected chi connectivity index (χ2v) is 7.49. The van der Waals surface area contributed by atoms with E-state index in [1.165, 1.54) is 24.3 Å². The van der Waals surface area contributed by atoms with Gasteiger partial charge in [0.2, 0.25) is 0 Å². The highest BCUT2D eigenvalue weighted by atomic mass is 19.3. The minimum Gasteiger partial charge on any atom is -0.478 e. The minimum atomic E-state index is -3.44. The van der Waals surface area contributed by atoms with Crippen molar-refractivity contribution in [1.29, 1.82) is 0 Å². The molecule has 3 unspecified atom stereocenters. The number of nitrogens with zero attached hydrogens (tertiary/aromatic N) is 1. The largest absolute Gasteiger partial charge is 0.478 e. The van der Waals surface area contributed by atoms with Crippen molar-refractivity contribution in [1.82, 2.24) is 4.90 Å². The molecule has 7 heteroatoms. The van der Waals surface area contributed by atoms with E-state index in [1.807, 2.05) is 13.8 Å². The summed E-state index contributed by atoms with van der Waals surface area (Å²) < 4.78 is 28.0. The second kappa shape index (κ2) is 10.4. The monoisotopic (exact) mass is 419 g/mol. The van der Waals surface area contributed by atoms with E-state index in [-0.39, 0.29) is 18.0 Å². The number of alkyl halides is 2. The van der Waals surface area contributed by atoms with Crippen molar-refractivity contribution >= 4 is 11.9 Å². The maximum atomic E-state index is 14.0. The average Bonchev–Trinajstić information content (AvgIpc) is 2.93. The molecule has 1 fully saturated rings. The molecule has 2 rings (SSSR count). The van der Waals surface area contributed by atoms with Gasteiger partial charge in [0.15, 0.2) is 0 Å². The van der Waals surface area contributed by atoms with Gasteiger partial charge < -0.3 is 15.1 Å². The summed E-state index contributed by atoms with van der Waals surface area (Å²) in [6.45, 7) is 3.83. The van der Waals surface area contributed by atoms with E-state index in [1.54, 1.807) is 12.1 Å². The van der Waals surface area contributed by atoms with Gasteiger partial charge in [-0.05, 0) is 30.0 Å². The summed E-state index contributed by atoms with van der Waals surface area (Å²) in [4.78, 5) is 24.2.